The number of nitrogens with one attached hydrogen (secondary N) is 1. The van der Waals surface area contributed by atoms with Gasteiger partial charge in [0.25, 0.3) is 0 Å². The van der Waals surface area contributed by atoms with Crippen LogP contribution in [0.2, 0.25) is 0 Å². The van der Waals surface area contributed by atoms with Crippen molar-refractivity contribution in [2.45, 2.75) is 40.3 Å². The van der Waals surface area contributed by atoms with E-state index in [-0.39, 0.29) is 0 Å². The fourth-order valence-electron chi connectivity index (χ4n) is 1.96. The van der Waals surface area contributed by atoms with Gasteiger partial charge in [-0.3, -0.25) is 0 Å². The molecule has 0 aliphatic heterocycles. The van der Waals surface area contributed by atoms with E-state index >= 15 is 0 Å². The van der Waals surface area contributed by atoms with E-state index in [0.29, 0.717) is 6.04 Å². The molecular weight excluding hydrogens is 198 g/mol. The van der Waals surface area contributed by atoms with Crippen LogP contribution in [0.25, 0.3) is 11.0 Å². The number of hydrogen-bond donors (Lipinski definition) is 1. The summed E-state index contributed by atoms with van der Waals surface area (Å²) in [6.07, 6.45) is 0. The van der Waals surface area contributed by atoms with Crippen LogP contribution in [0.5, 0.6) is 0 Å². The fourth-order valence-corrected chi connectivity index (χ4v) is 1.96. The maximum absolute atomic E-state index is 5.84. The standard InChI is InChI=1S/C14H19NO/c1-9(2)15-8-13-7-12-6-10(3)5-11(4)14(12)16-13/h5-7,9,15H,8H2,1-4H3. The zero-order valence-electron chi connectivity index (χ0n) is 10.4. The third-order valence-electron chi connectivity index (χ3n) is 2.68. The molecule has 1 aromatic heterocycles. The van der Waals surface area contributed by atoms with Crippen molar-refractivity contribution in [1.82, 2.24) is 5.32 Å². The second kappa shape index (κ2) is 4.30. The molecule has 0 unspecified atom stereocenters. The highest BCUT2D eigenvalue weighted by atomic mass is 16.3. The van der Waals surface area contributed by atoms with Crippen LogP contribution < -0.4 is 5.32 Å². The Kier molecular flexibility index (Phi) is 3.01. The van der Waals surface area contributed by atoms with Crippen molar-refractivity contribution < 1.29 is 4.42 Å². The summed E-state index contributed by atoms with van der Waals surface area (Å²) >= 11 is 0. The summed E-state index contributed by atoms with van der Waals surface area (Å²) in [5.74, 6) is 1.01. The van der Waals surface area contributed by atoms with Gasteiger partial charge in [-0.15, -0.1) is 0 Å². The predicted molar refractivity (Wildman–Crippen MR) is 67.7 cm³/mol. The molecular formula is C14H19NO. The van der Waals surface area contributed by atoms with Crippen molar-refractivity contribution in [3.05, 3.63) is 35.1 Å². The van der Waals surface area contributed by atoms with Crippen molar-refractivity contribution >= 4 is 11.0 Å². The molecule has 0 atom stereocenters. The van der Waals surface area contributed by atoms with Gasteiger partial charge in [0.1, 0.15) is 11.3 Å². The van der Waals surface area contributed by atoms with E-state index in [1.165, 1.54) is 16.5 Å². The molecule has 0 aliphatic carbocycles. The van der Waals surface area contributed by atoms with Crippen LogP contribution in [0, 0.1) is 13.8 Å². The second-order valence-electron chi connectivity index (χ2n) is 4.75. The molecule has 2 aromatic rings. The molecule has 0 radical (unpaired) electrons. The molecule has 0 spiro atoms. The lowest BCUT2D eigenvalue weighted by atomic mass is 10.1. The molecule has 2 rings (SSSR count). The monoisotopic (exact) mass is 217 g/mol. The van der Waals surface area contributed by atoms with Gasteiger partial charge in [-0.2, -0.15) is 0 Å². The number of furan rings is 1. The van der Waals surface area contributed by atoms with Crippen molar-refractivity contribution in [3.8, 4) is 0 Å². The molecule has 16 heavy (non-hydrogen) atoms. The Morgan fingerprint density at radius 2 is 1.94 bits per heavy atom. The first-order valence-electron chi connectivity index (χ1n) is 5.79. The van der Waals surface area contributed by atoms with Gasteiger partial charge in [0.15, 0.2) is 0 Å². The van der Waals surface area contributed by atoms with Gasteiger partial charge in [-0.25, -0.2) is 0 Å². The van der Waals surface area contributed by atoms with Crippen molar-refractivity contribution in [2.75, 3.05) is 0 Å². The van der Waals surface area contributed by atoms with Gasteiger partial charge >= 0.3 is 0 Å². The molecule has 1 N–H and O–H groups in total. The quantitative estimate of drug-likeness (QED) is 0.850. The molecule has 1 aromatic carbocycles. The zero-order chi connectivity index (χ0) is 11.7. The Balaban J connectivity index is 2.33. The minimum absolute atomic E-state index is 0.482. The van der Waals surface area contributed by atoms with Gasteiger partial charge in [0, 0.05) is 11.4 Å². The summed E-state index contributed by atoms with van der Waals surface area (Å²) in [6.45, 7) is 9.28. The zero-order valence-corrected chi connectivity index (χ0v) is 10.4. The molecule has 0 aliphatic rings. The van der Waals surface area contributed by atoms with E-state index in [9.17, 15) is 0 Å². The molecule has 2 heteroatoms. The van der Waals surface area contributed by atoms with Gasteiger partial charge in [-0.05, 0) is 31.5 Å². The molecule has 1 heterocycles. The summed E-state index contributed by atoms with van der Waals surface area (Å²) < 4.78 is 5.84. The minimum Gasteiger partial charge on any atom is -0.459 e. The molecule has 0 saturated carbocycles. The molecule has 0 fully saturated rings. The normalized spacial score (nSPS) is 11.6. The molecule has 0 bridgehead atoms. The highest BCUT2D eigenvalue weighted by Crippen LogP contribution is 2.24. The van der Waals surface area contributed by atoms with Gasteiger partial charge < -0.3 is 9.73 Å². The van der Waals surface area contributed by atoms with Crippen LogP contribution in [0.1, 0.15) is 30.7 Å². The lowest BCUT2D eigenvalue weighted by Gasteiger charge is -2.04. The Bertz CT molecular complexity index is 497. The van der Waals surface area contributed by atoms with Gasteiger partial charge in [0.2, 0.25) is 0 Å². The average Bonchev–Trinajstić information content (AvgIpc) is 2.57. The van der Waals surface area contributed by atoms with Crippen molar-refractivity contribution in [2.24, 2.45) is 0 Å². The highest BCUT2D eigenvalue weighted by Gasteiger charge is 2.07. The fraction of sp³-hybridized carbons (Fsp3) is 0.429. The SMILES string of the molecule is Cc1cc(C)c2oc(CNC(C)C)cc2c1. The van der Waals surface area contributed by atoms with Crippen LogP contribution in [-0.4, -0.2) is 6.04 Å². The van der Waals surface area contributed by atoms with E-state index < -0.39 is 0 Å². The number of aryl methyl sites for hydroxylation is 2. The predicted octanol–water partition coefficient (Wildman–Crippen LogP) is 3.55. The summed E-state index contributed by atoms with van der Waals surface area (Å²) in [7, 11) is 0. The molecule has 2 nitrogen and oxygen atoms in total. The average molecular weight is 217 g/mol. The van der Waals surface area contributed by atoms with Gasteiger partial charge in [-0.1, -0.05) is 25.5 Å². The molecule has 0 amide bonds. The first-order valence-corrected chi connectivity index (χ1v) is 5.79. The second-order valence-corrected chi connectivity index (χ2v) is 4.75. The maximum atomic E-state index is 5.84. The smallest absolute Gasteiger partial charge is 0.137 e. The number of fused-ring (bicyclic) bond motifs is 1. The minimum atomic E-state index is 0.482. The first kappa shape index (κ1) is 11.2. The van der Waals surface area contributed by atoms with E-state index in [4.69, 9.17) is 4.42 Å². The van der Waals surface area contributed by atoms with Crippen LogP contribution in [0.4, 0.5) is 0 Å². The number of benzene rings is 1. The van der Waals surface area contributed by atoms with Crippen LogP contribution in [0.3, 0.4) is 0 Å². The van der Waals surface area contributed by atoms with Gasteiger partial charge in [0.05, 0.1) is 6.54 Å². The Morgan fingerprint density at radius 3 is 2.62 bits per heavy atom. The van der Waals surface area contributed by atoms with E-state index in [2.05, 4.69) is 51.2 Å². The van der Waals surface area contributed by atoms with Crippen LogP contribution >= 0.6 is 0 Å². The first-order chi connectivity index (χ1) is 7.56. The van der Waals surface area contributed by atoms with E-state index in [0.717, 1.165) is 17.9 Å². The lowest BCUT2D eigenvalue weighted by molar-refractivity contribution is 0.487. The Morgan fingerprint density at radius 1 is 1.19 bits per heavy atom. The lowest BCUT2D eigenvalue weighted by Crippen LogP contribution is -2.21. The largest absolute Gasteiger partial charge is 0.459 e. The van der Waals surface area contributed by atoms with E-state index in [1.54, 1.807) is 0 Å². The topological polar surface area (TPSA) is 25.2 Å². The summed E-state index contributed by atoms with van der Waals surface area (Å²) in [5, 5.41) is 4.57. The van der Waals surface area contributed by atoms with Crippen LogP contribution in [-0.2, 0) is 6.54 Å². The molecule has 86 valence electrons. The third-order valence-corrected chi connectivity index (χ3v) is 2.68. The maximum Gasteiger partial charge on any atom is 0.137 e. The number of hydrogen-bond acceptors (Lipinski definition) is 2. The Labute approximate surface area is 96.6 Å². The van der Waals surface area contributed by atoms with Crippen molar-refractivity contribution in [3.63, 3.8) is 0 Å². The van der Waals surface area contributed by atoms with Crippen molar-refractivity contribution in [1.29, 1.82) is 0 Å². The summed E-state index contributed by atoms with van der Waals surface area (Å²) in [6, 6.07) is 6.94. The van der Waals surface area contributed by atoms with Crippen LogP contribution in [0.15, 0.2) is 22.6 Å². The molecule has 0 saturated heterocycles. The summed E-state index contributed by atoms with van der Waals surface area (Å²) in [5.41, 5.74) is 3.52. The number of rotatable bonds is 3. The Hall–Kier alpha value is -1.28. The highest BCUT2D eigenvalue weighted by molar-refractivity contribution is 5.81. The summed E-state index contributed by atoms with van der Waals surface area (Å²) in [4.78, 5) is 0. The third kappa shape index (κ3) is 2.27. The van der Waals surface area contributed by atoms with E-state index in [1.807, 2.05) is 0 Å².